The van der Waals surface area contributed by atoms with Crippen LogP contribution in [0, 0.1) is 13.8 Å². The minimum Gasteiger partial charge on any atom is -0.496 e. The van der Waals surface area contributed by atoms with E-state index in [4.69, 9.17) is 15.6 Å². The highest BCUT2D eigenvalue weighted by Crippen LogP contribution is 2.35. The number of halogens is 1. The zero-order chi connectivity index (χ0) is 11.6. The third-order valence-corrected chi connectivity index (χ3v) is 3.30. The highest BCUT2D eigenvalue weighted by atomic mass is 79.9. The number of hydrogen-bond donors (Lipinski definition) is 2. The van der Waals surface area contributed by atoms with Crippen molar-refractivity contribution in [2.75, 3.05) is 13.7 Å². The summed E-state index contributed by atoms with van der Waals surface area (Å²) < 4.78 is 6.31. The van der Waals surface area contributed by atoms with Crippen LogP contribution in [0.4, 0.5) is 0 Å². The fourth-order valence-electron chi connectivity index (χ4n) is 1.68. The predicted molar refractivity (Wildman–Crippen MR) is 64.2 cm³/mol. The molecule has 0 radical (unpaired) electrons. The number of aliphatic hydroxyl groups excluding tert-OH is 1. The fourth-order valence-corrected chi connectivity index (χ4v) is 2.24. The molecule has 1 rings (SSSR count). The van der Waals surface area contributed by atoms with Crippen molar-refractivity contribution in [3.8, 4) is 5.75 Å². The summed E-state index contributed by atoms with van der Waals surface area (Å²) in [5.74, 6) is 0.761. The number of methoxy groups -OCH3 is 1. The van der Waals surface area contributed by atoms with Crippen LogP contribution in [0.1, 0.15) is 22.7 Å². The van der Waals surface area contributed by atoms with Crippen molar-refractivity contribution in [1.29, 1.82) is 0 Å². The fraction of sp³-hybridized carbons (Fsp3) is 0.455. The molecule has 0 saturated carbocycles. The van der Waals surface area contributed by atoms with Gasteiger partial charge in [-0.25, -0.2) is 0 Å². The molecule has 3 nitrogen and oxygen atoms in total. The Morgan fingerprint density at radius 2 is 2.13 bits per heavy atom. The molecular formula is C11H16BrNO2. The van der Waals surface area contributed by atoms with E-state index in [1.807, 2.05) is 19.9 Å². The Labute approximate surface area is 98.4 Å². The quantitative estimate of drug-likeness (QED) is 0.887. The van der Waals surface area contributed by atoms with Crippen LogP contribution in [-0.4, -0.2) is 18.8 Å². The van der Waals surface area contributed by atoms with Crippen LogP contribution < -0.4 is 10.5 Å². The molecular weight excluding hydrogens is 258 g/mol. The van der Waals surface area contributed by atoms with E-state index in [1.165, 1.54) is 0 Å². The van der Waals surface area contributed by atoms with Gasteiger partial charge in [-0.2, -0.15) is 0 Å². The van der Waals surface area contributed by atoms with E-state index >= 15 is 0 Å². The molecule has 0 aromatic heterocycles. The van der Waals surface area contributed by atoms with Gasteiger partial charge in [0.1, 0.15) is 5.75 Å². The van der Waals surface area contributed by atoms with Crippen LogP contribution in [0.5, 0.6) is 5.75 Å². The molecule has 84 valence electrons. The summed E-state index contributed by atoms with van der Waals surface area (Å²) in [6, 6.07) is 1.58. The maximum absolute atomic E-state index is 9.12. The average molecular weight is 274 g/mol. The first kappa shape index (κ1) is 12.5. The van der Waals surface area contributed by atoms with Crippen LogP contribution in [0.15, 0.2) is 10.5 Å². The standard InChI is InChI=1S/C11H16BrNO2/c1-6-4-8(12)7(2)10(9(13)5-14)11(6)15-3/h4,9,14H,5,13H2,1-3H3. The summed E-state index contributed by atoms with van der Waals surface area (Å²) in [6.45, 7) is 3.82. The Kier molecular flexibility index (Phi) is 4.13. The van der Waals surface area contributed by atoms with Crippen LogP contribution in [0.3, 0.4) is 0 Å². The Balaban J connectivity index is 3.43. The predicted octanol–water partition coefficient (Wildman–Crippen LogP) is 2.07. The SMILES string of the molecule is COc1c(C)cc(Br)c(C)c1C(N)CO. The smallest absolute Gasteiger partial charge is 0.126 e. The summed E-state index contributed by atoms with van der Waals surface area (Å²) in [7, 11) is 1.61. The largest absolute Gasteiger partial charge is 0.496 e. The second-order valence-corrected chi connectivity index (χ2v) is 4.39. The van der Waals surface area contributed by atoms with E-state index < -0.39 is 6.04 Å². The van der Waals surface area contributed by atoms with Gasteiger partial charge < -0.3 is 15.6 Å². The molecule has 3 N–H and O–H groups in total. The molecule has 1 aromatic rings. The molecule has 1 atom stereocenters. The first-order valence-electron chi connectivity index (χ1n) is 4.73. The van der Waals surface area contributed by atoms with Crippen molar-refractivity contribution in [2.24, 2.45) is 5.73 Å². The molecule has 0 spiro atoms. The highest BCUT2D eigenvalue weighted by Gasteiger charge is 2.18. The maximum atomic E-state index is 9.12. The Morgan fingerprint density at radius 3 is 2.60 bits per heavy atom. The van der Waals surface area contributed by atoms with Gasteiger partial charge in [0.05, 0.1) is 19.8 Å². The lowest BCUT2D eigenvalue weighted by atomic mass is 9.98. The summed E-state index contributed by atoms with van der Waals surface area (Å²) in [5.41, 5.74) is 8.75. The molecule has 0 aliphatic rings. The average Bonchev–Trinajstić information content (AvgIpc) is 2.21. The van der Waals surface area contributed by atoms with E-state index in [-0.39, 0.29) is 6.61 Å². The van der Waals surface area contributed by atoms with Gasteiger partial charge in [0, 0.05) is 10.0 Å². The second-order valence-electron chi connectivity index (χ2n) is 3.54. The van der Waals surface area contributed by atoms with E-state index in [0.717, 1.165) is 26.9 Å². The molecule has 4 heteroatoms. The van der Waals surface area contributed by atoms with E-state index in [9.17, 15) is 0 Å². The van der Waals surface area contributed by atoms with Crippen LogP contribution in [-0.2, 0) is 0 Å². The van der Waals surface area contributed by atoms with Gasteiger partial charge in [0.15, 0.2) is 0 Å². The van der Waals surface area contributed by atoms with Gasteiger partial charge in [0.2, 0.25) is 0 Å². The Bertz CT molecular complexity index is 366. The molecule has 1 unspecified atom stereocenters. The summed E-state index contributed by atoms with van der Waals surface area (Å²) in [4.78, 5) is 0. The number of nitrogens with two attached hydrogens (primary N) is 1. The van der Waals surface area contributed by atoms with Crippen molar-refractivity contribution < 1.29 is 9.84 Å². The highest BCUT2D eigenvalue weighted by molar-refractivity contribution is 9.10. The topological polar surface area (TPSA) is 55.5 Å². The summed E-state index contributed by atoms with van der Waals surface area (Å²) in [5, 5.41) is 9.12. The molecule has 0 bridgehead atoms. The molecule has 15 heavy (non-hydrogen) atoms. The number of ether oxygens (including phenoxy) is 1. The number of aliphatic hydroxyl groups is 1. The van der Waals surface area contributed by atoms with Crippen molar-refractivity contribution in [2.45, 2.75) is 19.9 Å². The molecule has 0 aliphatic carbocycles. The van der Waals surface area contributed by atoms with Crippen LogP contribution >= 0.6 is 15.9 Å². The molecule has 0 aliphatic heterocycles. The minimum absolute atomic E-state index is 0.0902. The lowest BCUT2D eigenvalue weighted by molar-refractivity contribution is 0.264. The van der Waals surface area contributed by atoms with Crippen molar-refractivity contribution in [3.05, 3.63) is 27.2 Å². The second kappa shape index (κ2) is 4.96. The molecule has 0 saturated heterocycles. The van der Waals surface area contributed by atoms with E-state index in [0.29, 0.717) is 0 Å². The molecule has 0 amide bonds. The van der Waals surface area contributed by atoms with Crippen molar-refractivity contribution in [1.82, 2.24) is 0 Å². The van der Waals surface area contributed by atoms with Crippen LogP contribution in [0.25, 0.3) is 0 Å². The first-order chi connectivity index (χ1) is 7.02. The van der Waals surface area contributed by atoms with Gasteiger partial charge in [-0.05, 0) is 31.0 Å². The first-order valence-corrected chi connectivity index (χ1v) is 5.52. The third kappa shape index (κ3) is 2.33. The molecule has 0 fully saturated rings. The normalized spacial score (nSPS) is 12.7. The summed E-state index contributed by atoms with van der Waals surface area (Å²) >= 11 is 3.46. The van der Waals surface area contributed by atoms with Gasteiger partial charge >= 0.3 is 0 Å². The maximum Gasteiger partial charge on any atom is 0.126 e. The third-order valence-electron chi connectivity index (χ3n) is 2.48. The Hall–Kier alpha value is -0.580. The van der Waals surface area contributed by atoms with Crippen LogP contribution in [0.2, 0.25) is 0 Å². The Morgan fingerprint density at radius 1 is 1.53 bits per heavy atom. The lowest BCUT2D eigenvalue weighted by Crippen LogP contribution is -2.17. The van der Waals surface area contributed by atoms with Gasteiger partial charge in [-0.15, -0.1) is 0 Å². The lowest BCUT2D eigenvalue weighted by Gasteiger charge is -2.19. The van der Waals surface area contributed by atoms with Crippen molar-refractivity contribution >= 4 is 15.9 Å². The zero-order valence-corrected chi connectivity index (χ0v) is 10.8. The number of hydrogen-bond acceptors (Lipinski definition) is 3. The monoisotopic (exact) mass is 273 g/mol. The van der Waals surface area contributed by atoms with Gasteiger partial charge in [0.25, 0.3) is 0 Å². The summed E-state index contributed by atoms with van der Waals surface area (Å²) in [6.07, 6.45) is 0. The van der Waals surface area contributed by atoms with Crippen molar-refractivity contribution in [3.63, 3.8) is 0 Å². The van der Waals surface area contributed by atoms with E-state index in [2.05, 4.69) is 15.9 Å². The minimum atomic E-state index is -0.406. The number of rotatable bonds is 3. The molecule has 0 heterocycles. The zero-order valence-electron chi connectivity index (χ0n) is 9.17. The number of aryl methyl sites for hydroxylation is 1. The van der Waals surface area contributed by atoms with E-state index in [1.54, 1.807) is 7.11 Å². The number of benzene rings is 1. The molecule has 1 aromatic carbocycles. The van der Waals surface area contributed by atoms with Gasteiger partial charge in [-0.1, -0.05) is 15.9 Å². The van der Waals surface area contributed by atoms with Gasteiger partial charge in [-0.3, -0.25) is 0 Å².